The van der Waals surface area contributed by atoms with Gasteiger partial charge in [0.15, 0.2) is 0 Å². The maximum Gasteiger partial charge on any atom is 0.128 e. The van der Waals surface area contributed by atoms with Crippen LogP contribution in [0.15, 0.2) is 18.2 Å². The van der Waals surface area contributed by atoms with E-state index in [0.29, 0.717) is 0 Å². The summed E-state index contributed by atoms with van der Waals surface area (Å²) in [5.74, 6) is 1.12. The van der Waals surface area contributed by atoms with Gasteiger partial charge < -0.3 is 4.90 Å². The number of pyridine rings is 1. The lowest BCUT2D eigenvalue weighted by Crippen LogP contribution is -2.37. The van der Waals surface area contributed by atoms with E-state index in [0.717, 1.165) is 16.8 Å². The molecule has 2 nitrogen and oxygen atoms in total. The second kappa shape index (κ2) is 3.44. The van der Waals surface area contributed by atoms with Gasteiger partial charge in [0.1, 0.15) is 5.82 Å². The first-order chi connectivity index (χ1) is 5.90. The van der Waals surface area contributed by atoms with Crippen molar-refractivity contribution in [1.29, 1.82) is 0 Å². The first-order valence-corrected chi connectivity index (χ1v) is 5.29. The van der Waals surface area contributed by atoms with E-state index in [9.17, 15) is 0 Å². The van der Waals surface area contributed by atoms with Gasteiger partial charge in [0.05, 0.1) is 5.69 Å². The second-order valence-electron chi connectivity index (χ2n) is 2.96. The number of halogens is 1. The predicted octanol–water partition coefficient (Wildman–Crippen LogP) is 2.19. The zero-order valence-electron chi connectivity index (χ0n) is 6.83. The Bertz CT molecular complexity index is 271. The molecule has 0 atom stereocenters. The van der Waals surface area contributed by atoms with Crippen molar-refractivity contribution in [2.45, 2.75) is 11.8 Å². The van der Waals surface area contributed by atoms with Crippen LogP contribution >= 0.6 is 15.9 Å². The fourth-order valence-corrected chi connectivity index (χ4v) is 1.58. The van der Waals surface area contributed by atoms with Crippen molar-refractivity contribution in [3.63, 3.8) is 0 Å². The molecule has 1 saturated heterocycles. The molecule has 0 bridgehead atoms. The number of alkyl halides is 1. The van der Waals surface area contributed by atoms with Gasteiger partial charge in [0, 0.05) is 18.4 Å². The molecule has 0 radical (unpaired) electrons. The molecular weight excluding hydrogens is 216 g/mol. The van der Waals surface area contributed by atoms with Crippen molar-refractivity contribution in [3.8, 4) is 0 Å². The molecule has 1 aromatic rings. The van der Waals surface area contributed by atoms with Crippen LogP contribution in [0.1, 0.15) is 12.1 Å². The Balaban J connectivity index is 2.19. The zero-order valence-corrected chi connectivity index (χ0v) is 8.42. The van der Waals surface area contributed by atoms with Crippen LogP contribution in [-0.2, 0) is 5.33 Å². The molecule has 0 aromatic carbocycles. The molecule has 1 aromatic heterocycles. The molecule has 2 heterocycles. The minimum atomic E-state index is 0.842. The van der Waals surface area contributed by atoms with Crippen LogP contribution in [0.2, 0.25) is 0 Å². The van der Waals surface area contributed by atoms with Gasteiger partial charge in [-0.1, -0.05) is 22.0 Å². The van der Waals surface area contributed by atoms with Crippen LogP contribution in [-0.4, -0.2) is 18.1 Å². The highest BCUT2D eigenvalue weighted by Crippen LogP contribution is 2.18. The van der Waals surface area contributed by atoms with Gasteiger partial charge in [-0.25, -0.2) is 4.98 Å². The Labute approximate surface area is 80.7 Å². The van der Waals surface area contributed by atoms with Crippen molar-refractivity contribution in [2.24, 2.45) is 0 Å². The third kappa shape index (κ3) is 1.46. The van der Waals surface area contributed by atoms with Crippen LogP contribution in [0.3, 0.4) is 0 Å². The minimum Gasteiger partial charge on any atom is -0.356 e. The largest absolute Gasteiger partial charge is 0.356 e. The Hall–Kier alpha value is -0.570. The number of nitrogens with zero attached hydrogens (tertiary/aromatic N) is 2. The topological polar surface area (TPSA) is 16.1 Å². The quantitative estimate of drug-likeness (QED) is 0.720. The minimum absolute atomic E-state index is 0.842. The van der Waals surface area contributed by atoms with Crippen molar-refractivity contribution < 1.29 is 0 Å². The number of anilines is 1. The third-order valence-corrected chi connectivity index (χ3v) is 2.68. The van der Waals surface area contributed by atoms with E-state index in [4.69, 9.17) is 0 Å². The predicted molar refractivity (Wildman–Crippen MR) is 53.7 cm³/mol. The number of aromatic nitrogens is 1. The molecule has 64 valence electrons. The maximum atomic E-state index is 4.49. The first kappa shape index (κ1) is 8.05. The maximum absolute atomic E-state index is 4.49. The molecule has 0 spiro atoms. The van der Waals surface area contributed by atoms with Gasteiger partial charge in [-0.15, -0.1) is 0 Å². The lowest BCUT2D eigenvalue weighted by atomic mass is 10.2. The lowest BCUT2D eigenvalue weighted by Gasteiger charge is -2.32. The smallest absolute Gasteiger partial charge is 0.128 e. The molecule has 0 unspecified atom stereocenters. The van der Waals surface area contributed by atoms with Crippen LogP contribution in [0.5, 0.6) is 0 Å². The summed E-state index contributed by atoms with van der Waals surface area (Å²) < 4.78 is 0. The fourth-order valence-electron chi connectivity index (χ4n) is 1.26. The van der Waals surface area contributed by atoms with Crippen LogP contribution < -0.4 is 4.90 Å². The van der Waals surface area contributed by atoms with E-state index in [1.807, 2.05) is 6.07 Å². The summed E-state index contributed by atoms with van der Waals surface area (Å²) in [4.78, 5) is 6.79. The summed E-state index contributed by atoms with van der Waals surface area (Å²) in [5.41, 5.74) is 1.11. The molecule has 1 aliphatic heterocycles. The molecular formula is C9H11BrN2. The van der Waals surface area contributed by atoms with Crippen LogP contribution in [0.4, 0.5) is 5.82 Å². The standard InChI is InChI=1S/C9H11BrN2/c10-7-8-3-1-4-9(11-8)12-5-2-6-12/h1,3-4H,2,5-7H2. The van der Waals surface area contributed by atoms with Gasteiger partial charge in [-0.2, -0.15) is 0 Å². The van der Waals surface area contributed by atoms with E-state index in [1.165, 1.54) is 19.5 Å². The van der Waals surface area contributed by atoms with E-state index >= 15 is 0 Å². The summed E-state index contributed by atoms with van der Waals surface area (Å²) in [7, 11) is 0. The number of rotatable bonds is 2. The summed E-state index contributed by atoms with van der Waals surface area (Å²) >= 11 is 3.40. The molecule has 1 aliphatic rings. The van der Waals surface area contributed by atoms with E-state index in [1.54, 1.807) is 0 Å². The molecule has 2 rings (SSSR count). The normalized spacial score (nSPS) is 15.9. The molecule has 0 amide bonds. The summed E-state index contributed by atoms with van der Waals surface area (Å²) in [6.07, 6.45) is 1.31. The zero-order chi connectivity index (χ0) is 8.39. The van der Waals surface area contributed by atoms with Crippen LogP contribution in [0.25, 0.3) is 0 Å². The molecule has 12 heavy (non-hydrogen) atoms. The summed E-state index contributed by atoms with van der Waals surface area (Å²) in [5, 5.41) is 0.842. The molecule has 0 saturated carbocycles. The molecule has 3 heteroatoms. The van der Waals surface area contributed by atoms with Crippen LogP contribution in [0, 0.1) is 0 Å². The number of hydrogen-bond acceptors (Lipinski definition) is 2. The Morgan fingerprint density at radius 2 is 2.25 bits per heavy atom. The molecule has 0 aliphatic carbocycles. The van der Waals surface area contributed by atoms with Gasteiger partial charge >= 0.3 is 0 Å². The summed E-state index contributed by atoms with van der Waals surface area (Å²) in [6, 6.07) is 6.18. The van der Waals surface area contributed by atoms with Crippen molar-refractivity contribution >= 4 is 21.7 Å². The van der Waals surface area contributed by atoms with Gasteiger partial charge in [-0.3, -0.25) is 0 Å². The Morgan fingerprint density at radius 1 is 1.42 bits per heavy atom. The van der Waals surface area contributed by atoms with Crippen molar-refractivity contribution in [2.75, 3.05) is 18.0 Å². The van der Waals surface area contributed by atoms with Gasteiger partial charge in [0.25, 0.3) is 0 Å². The molecule has 1 fully saturated rings. The average Bonchev–Trinajstić information content (AvgIpc) is 2.02. The SMILES string of the molecule is BrCc1cccc(N2CCC2)n1. The monoisotopic (exact) mass is 226 g/mol. The van der Waals surface area contributed by atoms with Crippen molar-refractivity contribution in [3.05, 3.63) is 23.9 Å². The van der Waals surface area contributed by atoms with Gasteiger partial charge in [0.2, 0.25) is 0 Å². The first-order valence-electron chi connectivity index (χ1n) is 4.17. The highest BCUT2D eigenvalue weighted by atomic mass is 79.9. The Morgan fingerprint density at radius 3 is 2.83 bits per heavy atom. The highest BCUT2D eigenvalue weighted by Gasteiger charge is 2.15. The van der Waals surface area contributed by atoms with E-state index in [-0.39, 0.29) is 0 Å². The Kier molecular flexibility index (Phi) is 2.30. The van der Waals surface area contributed by atoms with Crippen molar-refractivity contribution in [1.82, 2.24) is 4.98 Å². The lowest BCUT2D eigenvalue weighted by molar-refractivity contribution is 0.609. The highest BCUT2D eigenvalue weighted by molar-refractivity contribution is 9.08. The van der Waals surface area contributed by atoms with Gasteiger partial charge in [-0.05, 0) is 18.6 Å². The summed E-state index contributed by atoms with van der Waals surface area (Å²) in [6.45, 7) is 2.33. The molecule has 0 N–H and O–H groups in total. The average molecular weight is 227 g/mol. The number of hydrogen-bond donors (Lipinski definition) is 0. The van der Waals surface area contributed by atoms with E-state index in [2.05, 4.69) is 37.9 Å². The van der Waals surface area contributed by atoms with E-state index < -0.39 is 0 Å². The third-order valence-electron chi connectivity index (χ3n) is 2.11. The second-order valence-corrected chi connectivity index (χ2v) is 3.52. The fraction of sp³-hybridized carbons (Fsp3) is 0.444.